The number of nitrogens with zero attached hydrogens (tertiary/aromatic N) is 6. The fourth-order valence-electron chi connectivity index (χ4n) is 6.16. The summed E-state index contributed by atoms with van der Waals surface area (Å²) < 4.78 is 0. The lowest BCUT2D eigenvalue weighted by atomic mass is 9.98. The molecule has 7 heteroatoms. The standard InChI is InChI=1S/C31H38N6O/c1-7-28(38)37-22(5)17-36(18-24(37)16-32-6)31-25-14-15-35(19-26(25)33-30(34-31)20(2)3)27-13-9-12-23-11-8-10-21(4)29(23)27/h8-13,20,22,24H,7,14-19H2,1-5H3. The number of benzene rings is 2. The van der Waals surface area contributed by atoms with Crippen LogP contribution in [0.15, 0.2) is 36.4 Å². The highest BCUT2D eigenvalue weighted by atomic mass is 16.2. The van der Waals surface area contributed by atoms with E-state index in [1.54, 1.807) is 0 Å². The molecule has 2 atom stereocenters. The van der Waals surface area contributed by atoms with Gasteiger partial charge >= 0.3 is 0 Å². The van der Waals surface area contributed by atoms with E-state index in [1.807, 2.05) is 11.8 Å². The van der Waals surface area contributed by atoms with Crippen LogP contribution in [0.3, 0.4) is 0 Å². The zero-order valence-electron chi connectivity index (χ0n) is 23.2. The molecule has 3 heterocycles. The lowest BCUT2D eigenvalue weighted by Crippen LogP contribution is -2.61. The molecule has 0 N–H and O–H groups in total. The average Bonchev–Trinajstić information content (AvgIpc) is 2.91. The highest BCUT2D eigenvalue weighted by Gasteiger charge is 2.38. The van der Waals surface area contributed by atoms with Crippen LogP contribution in [0.2, 0.25) is 0 Å². The first-order valence-corrected chi connectivity index (χ1v) is 13.8. The van der Waals surface area contributed by atoms with Crippen molar-refractivity contribution < 1.29 is 4.79 Å². The summed E-state index contributed by atoms with van der Waals surface area (Å²) in [5.41, 5.74) is 4.85. The minimum atomic E-state index is -0.129. The molecule has 5 rings (SSSR count). The topological polar surface area (TPSA) is 56.9 Å². The second-order valence-electron chi connectivity index (χ2n) is 11.0. The Labute approximate surface area is 226 Å². The SMILES string of the molecule is [C-]#[N+]CC1CN(c2nc(C(C)C)nc3c2CCN(c2cccc4cccc(C)c24)C3)CC(C)N1C(=O)CC. The van der Waals surface area contributed by atoms with Crippen molar-refractivity contribution in [1.82, 2.24) is 14.9 Å². The van der Waals surface area contributed by atoms with E-state index in [4.69, 9.17) is 16.5 Å². The number of amides is 1. The number of anilines is 2. The number of hydrogen-bond donors (Lipinski definition) is 0. The minimum absolute atomic E-state index is 0.0230. The summed E-state index contributed by atoms with van der Waals surface area (Å²) in [5.74, 6) is 2.18. The van der Waals surface area contributed by atoms with E-state index >= 15 is 0 Å². The molecule has 0 radical (unpaired) electrons. The number of aromatic nitrogens is 2. The van der Waals surface area contributed by atoms with Gasteiger partial charge in [-0.1, -0.05) is 51.1 Å². The van der Waals surface area contributed by atoms with Gasteiger partial charge in [0.1, 0.15) is 17.7 Å². The molecule has 0 spiro atoms. The number of fused-ring (bicyclic) bond motifs is 2. The van der Waals surface area contributed by atoms with E-state index in [2.05, 4.69) is 78.7 Å². The fraction of sp³-hybridized carbons (Fsp3) is 0.484. The lowest BCUT2D eigenvalue weighted by Gasteiger charge is -2.45. The van der Waals surface area contributed by atoms with Crippen molar-refractivity contribution in [2.75, 3.05) is 36.0 Å². The van der Waals surface area contributed by atoms with Gasteiger partial charge in [-0.05, 0) is 37.3 Å². The van der Waals surface area contributed by atoms with Crippen LogP contribution in [-0.2, 0) is 17.8 Å². The van der Waals surface area contributed by atoms with Gasteiger partial charge in [-0.15, -0.1) is 0 Å². The normalized spacial score (nSPS) is 19.6. The van der Waals surface area contributed by atoms with Crippen LogP contribution in [0.4, 0.5) is 11.5 Å². The minimum Gasteiger partial charge on any atom is -0.365 e. The van der Waals surface area contributed by atoms with Gasteiger partial charge in [0.25, 0.3) is 0 Å². The molecule has 198 valence electrons. The second-order valence-corrected chi connectivity index (χ2v) is 11.0. The number of piperazine rings is 1. The van der Waals surface area contributed by atoms with Gasteiger partial charge in [0.15, 0.2) is 0 Å². The Morgan fingerprint density at radius 3 is 2.61 bits per heavy atom. The Balaban J connectivity index is 1.53. The number of rotatable bonds is 5. The first kappa shape index (κ1) is 26.0. The zero-order chi connectivity index (χ0) is 27.0. The summed E-state index contributed by atoms with van der Waals surface area (Å²) in [6, 6.07) is 12.9. The van der Waals surface area contributed by atoms with Crippen LogP contribution in [0, 0.1) is 13.5 Å². The molecule has 3 aromatic rings. The molecule has 0 bridgehead atoms. The number of hydrogen-bond acceptors (Lipinski definition) is 5. The van der Waals surface area contributed by atoms with Gasteiger partial charge < -0.3 is 19.5 Å². The third-order valence-electron chi connectivity index (χ3n) is 7.98. The third-order valence-corrected chi connectivity index (χ3v) is 7.98. The quantitative estimate of drug-likeness (QED) is 0.433. The van der Waals surface area contributed by atoms with E-state index in [9.17, 15) is 4.79 Å². The van der Waals surface area contributed by atoms with Crippen molar-refractivity contribution in [2.45, 2.75) is 72.0 Å². The third kappa shape index (κ3) is 4.69. The van der Waals surface area contributed by atoms with Crippen LogP contribution in [0.5, 0.6) is 0 Å². The Morgan fingerprint density at radius 2 is 1.89 bits per heavy atom. The molecular formula is C31H38N6O. The van der Waals surface area contributed by atoms with Crippen molar-refractivity contribution in [3.05, 3.63) is 70.5 Å². The monoisotopic (exact) mass is 510 g/mol. The molecule has 1 saturated heterocycles. The first-order chi connectivity index (χ1) is 18.3. The molecule has 1 aromatic heterocycles. The molecular weight excluding hydrogens is 472 g/mol. The molecule has 0 saturated carbocycles. The predicted octanol–water partition coefficient (Wildman–Crippen LogP) is 5.36. The van der Waals surface area contributed by atoms with Crippen LogP contribution in [0.1, 0.15) is 62.7 Å². The largest absolute Gasteiger partial charge is 0.365 e. The maximum atomic E-state index is 12.7. The van der Waals surface area contributed by atoms with E-state index in [0.717, 1.165) is 36.8 Å². The second kappa shape index (κ2) is 10.6. The molecule has 7 nitrogen and oxygen atoms in total. The van der Waals surface area contributed by atoms with Crippen LogP contribution < -0.4 is 9.80 Å². The van der Waals surface area contributed by atoms with Crippen LogP contribution in [0.25, 0.3) is 15.6 Å². The van der Waals surface area contributed by atoms with E-state index < -0.39 is 0 Å². The molecule has 38 heavy (non-hydrogen) atoms. The van der Waals surface area contributed by atoms with E-state index in [-0.39, 0.29) is 23.9 Å². The Hall–Kier alpha value is -3.66. The lowest BCUT2D eigenvalue weighted by molar-refractivity contribution is -0.135. The molecule has 1 fully saturated rings. The molecule has 2 aromatic carbocycles. The van der Waals surface area contributed by atoms with Gasteiger partial charge in [0, 0.05) is 54.7 Å². The Kier molecular flexibility index (Phi) is 7.25. The van der Waals surface area contributed by atoms with E-state index in [0.29, 0.717) is 26.1 Å². The molecule has 0 aliphatic carbocycles. The molecule has 1 amide bonds. The van der Waals surface area contributed by atoms with Gasteiger partial charge in [-0.2, -0.15) is 0 Å². The zero-order valence-corrected chi connectivity index (χ0v) is 23.2. The predicted molar refractivity (Wildman–Crippen MR) is 154 cm³/mol. The summed E-state index contributed by atoms with van der Waals surface area (Å²) in [7, 11) is 0. The average molecular weight is 511 g/mol. The Bertz CT molecular complexity index is 1390. The number of aryl methyl sites for hydroxylation is 1. The summed E-state index contributed by atoms with van der Waals surface area (Å²) in [5, 5.41) is 2.57. The summed E-state index contributed by atoms with van der Waals surface area (Å²) in [6.45, 7) is 21.3. The molecule has 2 unspecified atom stereocenters. The van der Waals surface area contributed by atoms with Crippen molar-refractivity contribution in [3.8, 4) is 0 Å². The summed E-state index contributed by atoms with van der Waals surface area (Å²) in [6.07, 6.45) is 1.32. The maximum absolute atomic E-state index is 12.7. The van der Waals surface area contributed by atoms with Gasteiger partial charge in [0.2, 0.25) is 12.5 Å². The number of carbonyl (C=O) groups excluding carboxylic acids is 1. The van der Waals surface area contributed by atoms with Crippen molar-refractivity contribution in [2.24, 2.45) is 0 Å². The smallest absolute Gasteiger partial charge is 0.236 e. The fourth-order valence-corrected chi connectivity index (χ4v) is 6.16. The van der Waals surface area contributed by atoms with Crippen LogP contribution in [-0.4, -0.2) is 59.0 Å². The summed E-state index contributed by atoms with van der Waals surface area (Å²) in [4.78, 5) is 33.3. The molecule has 2 aliphatic rings. The first-order valence-electron chi connectivity index (χ1n) is 13.8. The van der Waals surface area contributed by atoms with E-state index in [1.165, 1.54) is 27.6 Å². The number of carbonyl (C=O) groups is 1. The highest BCUT2D eigenvalue weighted by Crippen LogP contribution is 2.36. The maximum Gasteiger partial charge on any atom is 0.236 e. The highest BCUT2D eigenvalue weighted by molar-refractivity contribution is 5.97. The van der Waals surface area contributed by atoms with Crippen molar-refractivity contribution in [1.29, 1.82) is 0 Å². The van der Waals surface area contributed by atoms with Gasteiger partial charge in [-0.25, -0.2) is 16.5 Å². The van der Waals surface area contributed by atoms with Crippen molar-refractivity contribution >= 4 is 28.2 Å². The summed E-state index contributed by atoms with van der Waals surface area (Å²) >= 11 is 0. The van der Waals surface area contributed by atoms with Gasteiger partial charge in [0.05, 0.1) is 12.2 Å². The Morgan fingerprint density at radius 1 is 1.13 bits per heavy atom. The van der Waals surface area contributed by atoms with Crippen LogP contribution >= 0.6 is 0 Å². The molecule has 2 aliphatic heterocycles. The van der Waals surface area contributed by atoms with Crippen molar-refractivity contribution in [3.63, 3.8) is 0 Å². The van der Waals surface area contributed by atoms with Gasteiger partial charge in [-0.3, -0.25) is 4.79 Å².